The van der Waals surface area contributed by atoms with Gasteiger partial charge < -0.3 is 9.11 Å². The first kappa shape index (κ1) is 28.0. The van der Waals surface area contributed by atoms with Crippen molar-refractivity contribution < 1.29 is 17.5 Å². The summed E-state index contributed by atoms with van der Waals surface area (Å²) in [5, 5.41) is 27.0. The largest absolute Gasteiger partial charge is 0.759 e. The van der Waals surface area contributed by atoms with Gasteiger partial charge in [0.1, 0.15) is 11.4 Å². The molecule has 0 unspecified atom stereocenters. The lowest BCUT2D eigenvalue weighted by molar-refractivity contribution is 0.352. The predicted octanol–water partition coefficient (Wildman–Crippen LogP) is 5.99. The zero-order chi connectivity index (χ0) is 26.2. The van der Waals surface area contributed by atoms with E-state index in [-0.39, 0.29) is 11.6 Å². The summed E-state index contributed by atoms with van der Waals surface area (Å²) in [6.07, 6.45) is 3.29. The molecule has 180 valence electrons. The Hall–Kier alpha value is -3.27. The molecule has 17 heteroatoms. The van der Waals surface area contributed by atoms with Crippen LogP contribution >= 0.6 is 46.4 Å². The number of rotatable bonds is 2. The lowest BCUT2D eigenvalue weighted by Gasteiger charge is -2.06. The van der Waals surface area contributed by atoms with Crippen LogP contribution in [0.15, 0.2) is 60.9 Å². The first-order valence-corrected chi connectivity index (χ1v) is 11.6. The van der Waals surface area contributed by atoms with E-state index in [1.165, 1.54) is 9.36 Å². The maximum absolute atomic E-state index is 8.52. The zero-order valence-corrected chi connectivity index (χ0v) is 20.7. The summed E-state index contributed by atoms with van der Waals surface area (Å²) in [5.74, 6) is 0.446. The van der Waals surface area contributed by atoms with E-state index in [1.807, 2.05) is 0 Å². The highest BCUT2D eigenvalue weighted by atomic mass is 35.5. The molecule has 35 heavy (non-hydrogen) atoms. The Balaban J connectivity index is 0.000000208. The average Bonchev–Trinajstić information content (AvgIpc) is 3.42. The van der Waals surface area contributed by atoms with Gasteiger partial charge in [0.05, 0.1) is 55.6 Å². The summed E-state index contributed by atoms with van der Waals surface area (Å²) in [6.45, 7) is 0. The van der Waals surface area contributed by atoms with E-state index < -0.39 is 10.4 Å². The van der Waals surface area contributed by atoms with Gasteiger partial charge in [-0.1, -0.05) is 46.4 Å². The van der Waals surface area contributed by atoms with Crippen molar-refractivity contribution in [1.82, 2.24) is 19.6 Å². The molecule has 0 saturated carbocycles. The predicted molar refractivity (Wildman–Crippen MR) is 127 cm³/mol. The van der Waals surface area contributed by atoms with Crippen LogP contribution in [0.3, 0.4) is 0 Å². The van der Waals surface area contributed by atoms with Gasteiger partial charge in [0.2, 0.25) is 0 Å². The summed E-state index contributed by atoms with van der Waals surface area (Å²) in [7, 11) is -5.17. The number of halogens is 4. The monoisotopic (exact) mass is 574 g/mol. The van der Waals surface area contributed by atoms with E-state index in [0.29, 0.717) is 31.5 Å². The molecule has 0 spiro atoms. The lowest BCUT2D eigenvalue weighted by Crippen LogP contribution is -1.94. The molecule has 0 aliphatic rings. The average molecular weight is 576 g/mol. The van der Waals surface area contributed by atoms with E-state index in [0.717, 1.165) is 0 Å². The summed E-state index contributed by atoms with van der Waals surface area (Å²) < 4.78 is 37.1. The van der Waals surface area contributed by atoms with Crippen LogP contribution in [0.5, 0.6) is 0 Å². The SMILES string of the molecule is N#[N+]c1ccn(-c2ccc(Cl)cc2Cl)n1.N#[N+]c1ccn(-c2ccc(Cl)cc2Cl)n1.O=S(=O)([O-])[O-]. The third kappa shape index (κ3) is 9.12. The maximum atomic E-state index is 8.52. The van der Waals surface area contributed by atoms with Crippen molar-refractivity contribution in [2.24, 2.45) is 0 Å². The highest BCUT2D eigenvalue weighted by molar-refractivity contribution is 7.79. The molecule has 0 aliphatic carbocycles. The molecule has 4 rings (SSSR count). The quantitative estimate of drug-likeness (QED) is 0.159. The fourth-order valence-corrected chi connectivity index (χ4v) is 3.33. The molecule has 0 bridgehead atoms. The van der Waals surface area contributed by atoms with Gasteiger partial charge in [0.25, 0.3) is 0 Å². The highest BCUT2D eigenvalue weighted by Crippen LogP contribution is 2.25. The molecule has 0 amide bonds. The first-order chi connectivity index (χ1) is 16.4. The van der Waals surface area contributed by atoms with E-state index >= 15 is 0 Å². The minimum absolute atomic E-state index is 0.223. The van der Waals surface area contributed by atoms with Crippen LogP contribution < -0.4 is 0 Å². The summed E-state index contributed by atoms with van der Waals surface area (Å²) in [4.78, 5) is 5.93. The second kappa shape index (κ2) is 12.4. The van der Waals surface area contributed by atoms with Gasteiger partial charge in [-0.25, -0.2) is 0 Å². The fraction of sp³-hybridized carbons (Fsp3) is 0. The normalized spacial score (nSPS) is 10.2. The Labute approximate surface area is 218 Å². The number of nitrogens with zero attached hydrogens (tertiary/aromatic N) is 8. The van der Waals surface area contributed by atoms with E-state index in [1.54, 1.807) is 60.9 Å². The highest BCUT2D eigenvalue weighted by Gasteiger charge is 2.14. The van der Waals surface area contributed by atoms with Crippen molar-refractivity contribution in [3.8, 4) is 11.4 Å². The molecule has 2 aromatic carbocycles. The zero-order valence-electron chi connectivity index (χ0n) is 16.9. The van der Waals surface area contributed by atoms with Crippen LogP contribution in [0.2, 0.25) is 20.1 Å². The van der Waals surface area contributed by atoms with Crippen molar-refractivity contribution in [2.45, 2.75) is 0 Å². The van der Waals surface area contributed by atoms with Crippen molar-refractivity contribution >= 4 is 68.4 Å². The van der Waals surface area contributed by atoms with Gasteiger partial charge in [0, 0.05) is 30.4 Å². The summed E-state index contributed by atoms with van der Waals surface area (Å²) in [5.41, 5.74) is 1.35. The van der Waals surface area contributed by atoms with Gasteiger partial charge in [-0.15, -0.1) is 9.36 Å². The number of hydrogen-bond acceptors (Lipinski definition) is 8. The lowest BCUT2D eigenvalue weighted by atomic mass is 10.3. The number of hydrogen-bond donors (Lipinski definition) is 0. The topological polar surface area (TPSA) is 172 Å². The molecular weight excluding hydrogens is 566 g/mol. The number of diazo groups is 2. The molecule has 0 saturated heterocycles. The molecular formula is C18H10Cl4N8O4S. The smallest absolute Gasteiger partial charge is 0.488 e. The van der Waals surface area contributed by atoms with Crippen LogP contribution in [0.1, 0.15) is 0 Å². The minimum Gasteiger partial charge on any atom is -0.759 e. The molecule has 2 aromatic heterocycles. The van der Waals surface area contributed by atoms with E-state index in [2.05, 4.69) is 20.1 Å². The van der Waals surface area contributed by atoms with Crippen molar-refractivity contribution in [1.29, 1.82) is 10.8 Å². The van der Waals surface area contributed by atoms with Gasteiger partial charge in [-0.2, -0.15) is 0 Å². The first-order valence-electron chi connectivity index (χ1n) is 8.80. The molecule has 2 heterocycles. The van der Waals surface area contributed by atoms with Gasteiger partial charge in [0.15, 0.2) is 0 Å². The van der Waals surface area contributed by atoms with Crippen LogP contribution in [0.25, 0.3) is 21.3 Å². The van der Waals surface area contributed by atoms with Crippen LogP contribution in [0, 0.1) is 10.8 Å². The second-order valence-corrected chi connectivity index (χ2v) is 8.54. The Morgan fingerprint density at radius 3 is 1.31 bits per heavy atom. The van der Waals surface area contributed by atoms with Gasteiger partial charge >= 0.3 is 11.6 Å². The maximum Gasteiger partial charge on any atom is 0.488 e. The Bertz CT molecular complexity index is 1420. The fourth-order valence-electron chi connectivity index (χ4n) is 2.34. The summed E-state index contributed by atoms with van der Waals surface area (Å²) in [6, 6.07) is 13.2. The van der Waals surface area contributed by atoms with Gasteiger partial charge in [-0.05, 0) is 36.4 Å². The van der Waals surface area contributed by atoms with Crippen molar-refractivity contribution in [3.63, 3.8) is 0 Å². The Kier molecular flexibility index (Phi) is 9.94. The second-order valence-electron chi connectivity index (χ2n) is 6.04. The molecule has 0 N–H and O–H groups in total. The molecule has 4 aromatic rings. The minimum atomic E-state index is -5.17. The van der Waals surface area contributed by atoms with E-state index in [9.17, 15) is 0 Å². The van der Waals surface area contributed by atoms with Crippen molar-refractivity contribution in [3.05, 3.63) is 91.0 Å². The third-order valence-electron chi connectivity index (χ3n) is 3.67. The standard InChI is InChI=1S/2C9H5Cl2N4.H2O4S/c2*10-6-1-2-8(7(11)5-6)15-4-3-9(13-12)14-15;1-5(2,3)4/h2*1-5H;(H2,1,2,3,4)/q2*+1;/p-2. The summed E-state index contributed by atoms with van der Waals surface area (Å²) >= 11 is 23.5. The van der Waals surface area contributed by atoms with Crippen LogP contribution in [0.4, 0.5) is 11.6 Å². The van der Waals surface area contributed by atoms with Crippen LogP contribution in [-0.4, -0.2) is 37.1 Å². The van der Waals surface area contributed by atoms with Crippen LogP contribution in [-0.2, 0) is 10.4 Å². The Morgan fingerprint density at radius 1 is 0.714 bits per heavy atom. The molecule has 0 radical (unpaired) electrons. The van der Waals surface area contributed by atoms with Gasteiger partial charge in [-0.3, -0.25) is 8.42 Å². The number of aromatic nitrogens is 4. The Morgan fingerprint density at radius 2 is 1.06 bits per heavy atom. The van der Waals surface area contributed by atoms with E-state index in [4.69, 9.17) is 74.7 Å². The molecule has 0 atom stereocenters. The van der Waals surface area contributed by atoms with Crippen molar-refractivity contribution in [2.75, 3.05) is 0 Å². The third-order valence-corrected chi connectivity index (χ3v) is 4.74. The number of benzene rings is 2. The molecule has 0 fully saturated rings. The molecule has 0 aliphatic heterocycles. The molecule has 12 nitrogen and oxygen atoms in total.